The first-order valence-electron chi connectivity index (χ1n) is 7.06. The standard InChI is InChI=1S/C15H21ClN2O2/c1-2-20-10-8-15(19)17-13-7-9-18(11-13)14-5-3-12(16)4-6-14/h3-6,13H,2,7-11H2,1H3,(H,17,19)/t13-/m0/s1. The summed E-state index contributed by atoms with van der Waals surface area (Å²) >= 11 is 5.89. The van der Waals surface area contributed by atoms with Crippen molar-refractivity contribution in [2.45, 2.75) is 25.8 Å². The van der Waals surface area contributed by atoms with Gasteiger partial charge in [-0.25, -0.2) is 0 Å². The monoisotopic (exact) mass is 296 g/mol. The van der Waals surface area contributed by atoms with E-state index in [9.17, 15) is 4.79 Å². The molecule has 0 aliphatic carbocycles. The topological polar surface area (TPSA) is 41.6 Å². The number of nitrogens with zero attached hydrogens (tertiary/aromatic N) is 1. The van der Waals surface area contributed by atoms with E-state index in [2.05, 4.69) is 10.2 Å². The number of hydrogen-bond acceptors (Lipinski definition) is 3. The van der Waals surface area contributed by atoms with Gasteiger partial charge in [0, 0.05) is 42.9 Å². The van der Waals surface area contributed by atoms with Gasteiger partial charge in [-0.3, -0.25) is 4.79 Å². The molecule has 1 aliphatic rings. The lowest BCUT2D eigenvalue weighted by Crippen LogP contribution is -2.37. The highest BCUT2D eigenvalue weighted by molar-refractivity contribution is 6.30. The molecule has 110 valence electrons. The Morgan fingerprint density at radius 3 is 2.90 bits per heavy atom. The molecule has 0 aromatic heterocycles. The molecule has 5 heteroatoms. The summed E-state index contributed by atoms with van der Waals surface area (Å²) in [5.74, 6) is 0.0707. The number of rotatable bonds is 6. The highest BCUT2D eigenvalue weighted by Crippen LogP contribution is 2.22. The van der Waals surface area contributed by atoms with Gasteiger partial charge in [-0.15, -0.1) is 0 Å². The summed E-state index contributed by atoms with van der Waals surface area (Å²) in [5, 5.41) is 3.81. The summed E-state index contributed by atoms with van der Waals surface area (Å²) in [5.41, 5.74) is 1.15. The molecule has 1 N–H and O–H groups in total. The Kier molecular flexibility index (Phi) is 5.68. The van der Waals surface area contributed by atoms with Gasteiger partial charge in [0.25, 0.3) is 0 Å². The van der Waals surface area contributed by atoms with Crippen LogP contribution in [0.2, 0.25) is 5.02 Å². The molecule has 0 bridgehead atoms. The smallest absolute Gasteiger partial charge is 0.222 e. The molecule has 0 unspecified atom stereocenters. The van der Waals surface area contributed by atoms with Crippen LogP contribution in [0.15, 0.2) is 24.3 Å². The van der Waals surface area contributed by atoms with Crippen molar-refractivity contribution in [1.82, 2.24) is 5.32 Å². The second-order valence-corrected chi connectivity index (χ2v) is 5.36. The third kappa shape index (κ3) is 4.39. The maximum Gasteiger partial charge on any atom is 0.222 e. The van der Waals surface area contributed by atoms with Crippen molar-refractivity contribution in [1.29, 1.82) is 0 Å². The molecule has 0 spiro atoms. The van der Waals surface area contributed by atoms with Crippen LogP contribution in [0.5, 0.6) is 0 Å². The third-order valence-electron chi connectivity index (χ3n) is 3.42. The summed E-state index contributed by atoms with van der Waals surface area (Å²) < 4.78 is 5.19. The van der Waals surface area contributed by atoms with E-state index in [1.165, 1.54) is 0 Å². The van der Waals surface area contributed by atoms with Crippen LogP contribution in [-0.2, 0) is 9.53 Å². The van der Waals surface area contributed by atoms with Crippen molar-refractivity contribution < 1.29 is 9.53 Å². The van der Waals surface area contributed by atoms with Gasteiger partial charge in [-0.1, -0.05) is 11.6 Å². The van der Waals surface area contributed by atoms with Gasteiger partial charge in [0.05, 0.1) is 6.61 Å². The molecule has 20 heavy (non-hydrogen) atoms. The zero-order valence-electron chi connectivity index (χ0n) is 11.8. The predicted octanol–water partition coefficient (Wildman–Crippen LogP) is 2.46. The van der Waals surface area contributed by atoms with E-state index in [1.807, 2.05) is 31.2 Å². The fourth-order valence-electron chi connectivity index (χ4n) is 2.37. The van der Waals surface area contributed by atoms with E-state index in [1.54, 1.807) is 0 Å². The SMILES string of the molecule is CCOCCC(=O)N[C@H]1CCN(c2ccc(Cl)cc2)C1. The summed E-state index contributed by atoms with van der Waals surface area (Å²) in [4.78, 5) is 14.0. The summed E-state index contributed by atoms with van der Waals surface area (Å²) in [6.45, 7) is 4.88. The number of ether oxygens (including phenoxy) is 1. The van der Waals surface area contributed by atoms with E-state index in [4.69, 9.17) is 16.3 Å². The summed E-state index contributed by atoms with van der Waals surface area (Å²) in [6, 6.07) is 8.04. The molecule has 1 saturated heterocycles. The van der Waals surface area contributed by atoms with Crippen molar-refractivity contribution >= 4 is 23.2 Å². The maximum atomic E-state index is 11.7. The Bertz CT molecular complexity index is 436. The van der Waals surface area contributed by atoms with Crippen LogP contribution in [0.1, 0.15) is 19.8 Å². The minimum Gasteiger partial charge on any atom is -0.381 e. The van der Waals surface area contributed by atoms with E-state index in [-0.39, 0.29) is 11.9 Å². The number of halogens is 1. The number of carbonyl (C=O) groups excluding carboxylic acids is 1. The second kappa shape index (κ2) is 7.50. The number of anilines is 1. The van der Waals surface area contributed by atoms with Crippen LogP contribution in [0.4, 0.5) is 5.69 Å². The van der Waals surface area contributed by atoms with E-state index in [0.29, 0.717) is 19.6 Å². The minimum atomic E-state index is 0.0707. The van der Waals surface area contributed by atoms with Crippen LogP contribution < -0.4 is 10.2 Å². The Hall–Kier alpha value is -1.26. The number of nitrogens with one attached hydrogen (secondary N) is 1. The van der Waals surface area contributed by atoms with Gasteiger partial charge < -0.3 is 15.0 Å². The average Bonchev–Trinajstić information content (AvgIpc) is 2.88. The van der Waals surface area contributed by atoms with E-state index < -0.39 is 0 Å². The van der Waals surface area contributed by atoms with Crippen LogP contribution in [0, 0.1) is 0 Å². The van der Waals surface area contributed by atoms with Crippen LogP contribution in [-0.4, -0.2) is 38.3 Å². The lowest BCUT2D eigenvalue weighted by Gasteiger charge is -2.19. The second-order valence-electron chi connectivity index (χ2n) is 4.92. The Balaban J connectivity index is 1.77. The highest BCUT2D eigenvalue weighted by Gasteiger charge is 2.23. The number of hydrogen-bond donors (Lipinski definition) is 1. The Morgan fingerprint density at radius 1 is 1.45 bits per heavy atom. The van der Waals surface area contributed by atoms with E-state index >= 15 is 0 Å². The maximum absolute atomic E-state index is 11.7. The molecule has 1 aromatic carbocycles. The van der Waals surface area contributed by atoms with Gasteiger partial charge in [-0.2, -0.15) is 0 Å². The molecule has 0 radical (unpaired) electrons. The van der Waals surface area contributed by atoms with Crippen molar-refractivity contribution in [3.05, 3.63) is 29.3 Å². The molecule has 2 rings (SSSR count). The average molecular weight is 297 g/mol. The quantitative estimate of drug-likeness (QED) is 0.820. The van der Waals surface area contributed by atoms with Gasteiger partial charge in [0.1, 0.15) is 0 Å². The first-order valence-corrected chi connectivity index (χ1v) is 7.44. The zero-order valence-corrected chi connectivity index (χ0v) is 12.5. The molecule has 1 atom stereocenters. The summed E-state index contributed by atoms with van der Waals surface area (Å²) in [6.07, 6.45) is 1.41. The lowest BCUT2D eigenvalue weighted by atomic mass is 10.2. The zero-order chi connectivity index (χ0) is 14.4. The first-order chi connectivity index (χ1) is 9.69. The minimum absolute atomic E-state index is 0.0707. The number of amides is 1. The molecular formula is C15H21ClN2O2. The highest BCUT2D eigenvalue weighted by atomic mass is 35.5. The van der Waals surface area contributed by atoms with Crippen molar-refractivity contribution in [3.8, 4) is 0 Å². The number of carbonyl (C=O) groups is 1. The molecule has 1 fully saturated rings. The Labute approximate surface area is 125 Å². The van der Waals surface area contributed by atoms with Crippen LogP contribution in [0.3, 0.4) is 0 Å². The largest absolute Gasteiger partial charge is 0.381 e. The molecule has 1 aliphatic heterocycles. The normalized spacial score (nSPS) is 18.3. The fourth-order valence-corrected chi connectivity index (χ4v) is 2.50. The van der Waals surface area contributed by atoms with Gasteiger partial charge in [-0.05, 0) is 37.6 Å². The van der Waals surface area contributed by atoms with Crippen molar-refractivity contribution in [2.75, 3.05) is 31.2 Å². The molecule has 0 saturated carbocycles. The van der Waals surface area contributed by atoms with Crippen LogP contribution in [0.25, 0.3) is 0 Å². The Morgan fingerprint density at radius 2 is 2.20 bits per heavy atom. The lowest BCUT2D eigenvalue weighted by molar-refractivity contribution is -0.122. The fraction of sp³-hybridized carbons (Fsp3) is 0.533. The third-order valence-corrected chi connectivity index (χ3v) is 3.67. The molecular weight excluding hydrogens is 276 g/mol. The van der Waals surface area contributed by atoms with Gasteiger partial charge in [0.2, 0.25) is 5.91 Å². The van der Waals surface area contributed by atoms with Crippen LogP contribution >= 0.6 is 11.6 Å². The first kappa shape index (κ1) is 15.1. The van der Waals surface area contributed by atoms with Crippen molar-refractivity contribution in [2.24, 2.45) is 0 Å². The van der Waals surface area contributed by atoms with Crippen molar-refractivity contribution in [3.63, 3.8) is 0 Å². The molecule has 4 nitrogen and oxygen atoms in total. The summed E-state index contributed by atoms with van der Waals surface area (Å²) in [7, 11) is 0. The number of benzene rings is 1. The van der Waals surface area contributed by atoms with Gasteiger partial charge in [0.15, 0.2) is 0 Å². The molecule has 1 amide bonds. The van der Waals surface area contributed by atoms with E-state index in [0.717, 1.165) is 30.2 Å². The van der Waals surface area contributed by atoms with Gasteiger partial charge >= 0.3 is 0 Å². The molecule has 1 aromatic rings. The predicted molar refractivity (Wildman–Crippen MR) is 81.3 cm³/mol. The molecule has 1 heterocycles.